The van der Waals surface area contributed by atoms with Gasteiger partial charge < -0.3 is 29.9 Å². The van der Waals surface area contributed by atoms with E-state index in [-0.39, 0.29) is 54.3 Å². The Morgan fingerprint density at radius 3 is 1.33 bits per heavy atom. The van der Waals surface area contributed by atoms with E-state index in [2.05, 4.69) is 0 Å². The first-order valence-corrected chi connectivity index (χ1v) is 0.494. The summed E-state index contributed by atoms with van der Waals surface area (Å²) in [4.78, 5) is 8.36. The number of halogens is 2. The monoisotopic (exact) mass is 140 g/mol. The molecule has 0 aliphatic carbocycles. The van der Waals surface area contributed by atoms with Crippen molar-refractivity contribution in [2.45, 2.75) is 0 Å². The molecule has 0 aromatic heterocycles. The van der Waals surface area contributed by atoms with E-state index in [0.29, 0.717) is 0 Å². The quantitative estimate of drug-likeness (QED) is 0.269. The molecule has 0 bridgehead atoms. The Balaban J connectivity index is -0.00000000667. The van der Waals surface area contributed by atoms with Crippen LogP contribution >= 0.6 is 0 Å². The van der Waals surface area contributed by atoms with Gasteiger partial charge in [0.15, 0.2) is 0 Å². The predicted octanol–water partition coefficient (Wildman–Crippen LogP) is -6.67. The molecule has 0 aromatic rings. The molecular weight excluding hydrogens is 139 g/mol. The van der Waals surface area contributed by atoms with Crippen LogP contribution in [0.4, 0.5) is 0 Å². The van der Waals surface area contributed by atoms with Gasteiger partial charge in [0.05, 0.1) is 0 Å². The molecule has 0 radical (unpaired) electrons. The second-order valence-corrected chi connectivity index (χ2v) is 0.105. The Bertz CT molecular complexity index is 19.0. The molecule has 0 saturated carbocycles. The molecule has 0 heterocycles. The summed E-state index contributed by atoms with van der Waals surface area (Å²) in [6.45, 7) is -0.250. The van der Waals surface area contributed by atoms with Gasteiger partial charge in [-0.15, -0.1) is 0 Å². The zero-order valence-corrected chi connectivity index (χ0v) is 5.82. The second-order valence-electron chi connectivity index (χ2n) is 0.105. The van der Waals surface area contributed by atoms with Crippen LogP contribution in [0.5, 0.6) is 0 Å². The van der Waals surface area contributed by atoms with Gasteiger partial charge in [-0.25, -0.2) is 0 Å². The first kappa shape index (κ1) is 29.1. The number of carbonyl (C=O) groups is 1. The van der Waals surface area contributed by atoms with Gasteiger partial charge in [0.1, 0.15) is 0 Å². The van der Waals surface area contributed by atoms with E-state index < -0.39 is 0 Å². The molecule has 0 aliphatic rings. The SMILES string of the molecule is O=CO.[Cl-].[Cl-].[Mg+2]. The molecule has 0 rings (SSSR count). The summed E-state index contributed by atoms with van der Waals surface area (Å²) in [6.07, 6.45) is 0. The summed E-state index contributed by atoms with van der Waals surface area (Å²) in [7, 11) is 0. The minimum Gasteiger partial charge on any atom is -1.00 e. The first-order chi connectivity index (χ1) is 1.41. The molecule has 0 fully saturated rings. The van der Waals surface area contributed by atoms with Crippen molar-refractivity contribution in [3.8, 4) is 0 Å². The van der Waals surface area contributed by atoms with Crippen LogP contribution in [0.25, 0.3) is 0 Å². The van der Waals surface area contributed by atoms with Gasteiger partial charge in [0.2, 0.25) is 0 Å². The fraction of sp³-hybridized carbons (Fsp3) is 0. The van der Waals surface area contributed by atoms with Crippen LogP contribution in [0.15, 0.2) is 0 Å². The largest absolute Gasteiger partial charge is 2.00 e. The summed E-state index contributed by atoms with van der Waals surface area (Å²) in [6, 6.07) is 0. The van der Waals surface area contributed by atoms with E-state index in [1.54, 1.807) is 0 Å². The van der Waals surface area contributed by atoms with Crippen molar-refractivity contribution in [2.75, 3.05) is 0 Å². The van der Waals surface area contributed by atoms with Gasteiger partial charge in [-0.1, -0.05) is 0 Å². The Hall–Kier alpha value is 0.816. The molecule has 0 spiro atoms. The zero-order valence-electron chi connectivity index (χ0n) is 2.90. The minimum absolute atomic E-state index is 0. The molecule has 34 valence electrons. The number of carboxylic acid groups (broad SMARTS) is 1. The van der Waals surface area contributed by atoms with E-state index in [0.717, 1.165) is 0 Å². The second kappa shape index (κ2) is 40.9. The van der Waals surface area contributed by atoms with Crippen molar-refractivity contribution in [3.63, 3.8) is 0 Å². The van der Waals surface area contributed by atoms with Gasteiger partial charge in [-0.2, -0.15) is 0 Å². The third-order valence-corrected chi connectivity index (χ3v) is 0. The summed E-state index contributed by atoms with van der Waals surface area (Å²) >= 11 is 0. The van der Waals surface area contributed by atoms with Crippen molar-refractivity contribution in [3.05, 3.63) is 0 Å². The Morgan fingerprint density at radius 2 is 1.33 bits per heavy atom. The third-order valence-electron chi connectivity index (χ3n) is 0. The predicted molar refractivity (Wildman–Crippen MR) is 14.4 cm³/mol. The van der Waals surface area contributed by atoms with Crippen LogP contribution in [0.1, 0.15) is 0 Å². The summed E-state index contributed by atoms with van der Waals surface area (Å²) in [5.74, 6) is 0. The smallest absolute Gasteiger partial charge is 1.00 e. The summed E-state index contributed by atoms with van der Waals surface area (Å²) < 4.78 is 0. The van der Waals surface area contributed by atoms with E-state index in [1.807, 2.05) is 0 Å². The van der Waals surface area contributed by atoms with Crippen LogP contribution in [-0.2, 0) is 4.79 Å². The summed E-state index contributed by atoms with van der Waals surface area (Å²) in [5.41, 5.74) is 0. The molecular formula is CH2Cl2MgO2. The van der Waals surface area contributed by atoms with Crippen LogP contribution in [0.2, 0.25) is 0 Å². The Morgan fingerprint density at radius 1 is 1.33 bits per heavy atom. The molecule has 0 amide bonds. The molecule has 5 heteroatoms. The first-order valence-electron chi connectivity index (χ1n) is 0.494. The van der Waals surface area contributed by atoms with Crippen molar-refractivity contribution in [1.29, 1.82) is 0 Å². The molecule has 1 N–H and O–H groups in total. The average molecular weight is 141 g/mol. The van der Waals surface area contributed by atoms with Gasteiger partial charge in [0, 0.05) is 0 Å². The number of hydrogen-bond donors (Lipinski definition) is 1. The van der Waals surface area contributed by atoms with E-state index in [4.69, 9.17) is 9.90 Å². The molecule has 0 unspecified atom stereocenters. The maximum atomic E-state index is 8.36. The molecule has 6 heavy (non-hydrogen) atoms. The van der Waals surface area contributed by atoms with Crippen LogP contribution < -0.4 is 24.8 Å². The normalized spacial score (nSPS) is 2.00. The Kier molecular flexibility index (Phi) is 198. The van der Waals surface area contributed by atoms with Crippen LogP contribution in [0.3, 0.4) is 0 Å². The molecule has 0 aromatic carbocycles. The van der Waals surface area contributed by atoms with Crippen molar-refractivity contribution in [1.82, 2.24) is 0 Å². The van der Waals surface area contributed by atoms with E-state index in [1.165, 1.54) is 0 Å². The van der Waals surface area contributed by atoms with E-state index >= 15 is 0 Å². The third kappa shape index (κ3) is 105. The van der Waals surface area contributed by atoms with Crippen LogP contribution in [0, 0.1) is 0 Å². The van der Waals surface area contributed by atoms with Gasteiger partial charge >= 0.3 is 23.1 Å². The van der Waals surface area contributed by atoms with E-state index in [9.17, 15) is 0 Å². The van der Waals surface area contributed by atoms with Gasteiger partial charge in [-0.3, -0.25) is 4.79 Å². The fourth-order valence-corrected chi connectivity index (χ4v) is 0. The number of rotatable bonds is 0. The standard InChI is InChI=1S/CH2O2.2ClH.Mg/c2-1-3;;;/h1H,(H,2,3);2*1H;/q;;;+2/p-2. The average Bonchev–Trinajstić information content (AvgIpc) is 0.918. The minimum atomic E-state index is -0.250. The zero-order chi connectivity index (χ0) is 2.71. The van der Waals surface area contributed by atoms with Crippen LogP contribution in [-0.4, -0.2) is 34.6 Å². The fourth-order valence-electron chi connectivity index (χ4n) is 0. The van der Waals surface area contributed by atoms with Crippen molar-refractivity contribution in [2.24, 2.45) is 0 Å². The maximum absolute atomic E-state index is 8.36. The molecule has 0 saturated heterocycles. The van der Waals surface area contributed by atoms with Gasteiger partial charge in [-0.05, 0) is 0 Å². The summed E-state index contributed by atoms with van der Waals surface area (Å²) in [5, 5.41) is 6.89. The molecule has 0 aliphatic heterocycles. The van der Waals surface area contributed by atoms with Crippen molar-refractivity contribution >= 4 is 29.5 Å². The maximum Gasteiger partial charge on any atom is 2.00 e. The Labute approximate surface area is 64.3 Å². The van der Waals surface area contributed by atoms with Gasteiger partial charge in [0.25, 0.3) is 6.47 Å². The number of hydrogen-bond acceptors (Lipinski definition) is 1. The van der Waals surface area contributed by atoms with Crippen molar-refractivity contribution < 1.29 is 34.7 Å². The molecule has 0 atom stereocenters. The topological polar surface area (TPSA) is 37.3 Å². The molecule has 2 nitrogen and oxygen atoms in total.